The summed E-state index contributed by atoms with van der Waals surface area (Å²) in [5, 5.41) is 45.8. The molecule has 0 spiro atoms. The van der Waals surface area contributed by atoms with Gasteiger partial charge in [-0.25, -0.2) is 28.6 Å². The SMILES string of the molecule is NC1=NC=NC2C1N=NN2[C@@H]1O[C@H](COP(=O)(S)O[C@@H]2[C@H](O)[C@@H](CO)S[C@H]2n2nnc3c(=O)[nH]c(N)nc32)[C@@H](O)[C@@H]1F. The quantitative estimate of drug-likeness (QED) is 0.117. The zero-order valence-electron chi connectivity index (χ0n) is 21.0. The van der Waals surface area contributed by atoms with Crippen molar-refractivity contribution in [2.24, 2.45) is 26.1 Å². The van der Waals surface area contributed by atoms with Crippen molar-refractivity contribution in [2.45, 2.75) is 59.6 Å². The highest BCUT2D eigenvalue weighted by Gasteiger charge is 2.53. The number of nitrogens with one attached hydrogen (secondary N) is 1. The predicted molar refractivity (Wildman–Crippen MR) is 145 cm³/mol. The van der Waals surface area contributed by atoms with Crippen molar-refractivity contribution in [3.63, 3.8) is 0 Å². The molecule has 0 aromatic carbocycles. The Hall–Kier alpha value is -2.76. The monoisotopic (exact) mass is 650 g/mol. The van der Waals surface area contributed by atoms with Crippen molar-refractivity contribution in [3.05, 3.63) is 10.4 Å². The molecule has 6 rings (SSSR count). The first-order chi connectivity index (χ1) is 20.0. The minimum Gasteiger partial charge on any atom is -0.395 e. The van der Waals surface area contributed by atoms with E-state index in [0.717, 1.165) is 21.5 Å². The van der Waals surface area contributed by atoms with Crippen LogP contribution in [0.4, 0.5) is 10.3 Å². The smallest absolute Gasteiger partial charge is 0.386 e. The fourth-order valence-corrected chi connectivity index (χ4v) is 7.74. The van der Waals surface area contributed by atoms with E-state index in [1.165, 1.54) is 6.34 Å². The third-order valence-electron chi connectivity index (χ3n) is 6.86. The number of halogens is 1. The molecule has 8 N–H and O–H groups in total. The van der Waals surface area contributed by atoms with E-state index in [4.69, 9.17) is 25.3 Å². The maximum absolute atomic E-state index is 15.1. The average molecular weight is 651 g/mol. The first-order valence-electron chi connectivity index (χ1n) is 12.2. The van der Waals surface area contributed by atoms with Crippen LogP contribution in [-0.4, -0.2) is 125 Å². The van der Waals surface area contributed by atoms with Crippen LogP contribution >= 0.6 is 30.8 Å². The molecule has 0 aliphatic carbocycles. The molecule has 228 valence electrons. The number of aromatic nitrogens is 5. The molecule has 0 amide bonds. The van der Waals surface area contributed by atoms with Gasteiger partial charge in [0.25, 0.3) is 5.56 Å². The Labute approximate surface area is 243 Å². The van der Waals surface area contributed by atoms with Gasteiger partial charge in [0.15, 0.2) is 35.8 Å². The molecule has 24 heteroatoms. The third kappa shape index (κ3) is 5.07. The number of thiol groups is 1. The van der Waals surface area contributed by atoms with Gasteiger partial charge in [0, 0.05) is 0 Å². The normalized spacial score (nSPS) is 37.4. The number of H-pyrrole nitrogens is 1. The van der Waals surface area contributed by atoms with Crippen molar-refractivity contribution < 1.29 is 38.1 Å². The van der Waals surface area contributed by atoms with Crippen LogP contribution in [-0.2, 0) is 18.3 Å². The lowest BCUT2D eigenvalue weighted by molar-refractivity contribution is -0.0951. The average Bonchev–Trinajstić information content (AvgIpc) is 3.69. The van der Waals surface area contributed by atoms with Crippen molar-refractivity contribution in [1.82, 2.24) is 30.0 Å². The van der Waals surface area contributed by atoms with Crippen molar-refractivity contribution in [2.75, 3.05) is 18.9 Å². The number of nitrogens with two attached hydrogens (primary N) is 2. The van der Waals surface area contributed by atoms with E-state index in [1.807, 2.05) is 0 Å². The first-order valence-corrected chi connectivity index (χ1v) is 15.8. The maximum atomic E-state index is 15.1. The van der Waals surface area contributed by atoms with Crippen LogP contribution in [0, 0.1) is 0 Å². The molecule has 20 nitrogen and oxygen atoms in total. The van der Waals surface area contributed by atoms with Crippen LogP contribution in [0.15, 0.2) is 25.1 Å². The molecule has 42 heavy (non-hydrogen) atoms. The lowest BCUT2D eigenvalue weighted by atomic mass is 10.1. The van der Waals surface area contributed by atoms with E-state index < -0.39 is 85.2 Å². The third-order valence-corrected chi connectivity index (χ3v) is 10.00. The zero-order chi connectivity index (χ0) is 29.9. The molecule has 4 aliphatic rings. The Balaban J connectivity index is 1.15. The van der Waals surface area contributed by atoms with Gasteiger partial charge >= 0.3 is 6.80 Å². The summed E-state index contributed by atoms with van der Waals surface area (Å²) in [7, 11) is 0. The standard InChI is InChI=1S/C18H24FN12O8PS2/c19-6-9(33)4(38-16(6)30-13-7(26-28-30)12(20)22-3-23-13)2-37-40(36,41)39-11-10(34)5(1-32)42-17(11)31-14-8(27-29-31)15(35)25-18(21)24-14/h3-7,9-11,13,16-17,32-34H,1-2H2,(H,36,41)(H2,20,22,23)(H3,21,24,25,35)/t4-,5-,6+,7?,9-,10-,11-,13?,16-,17-,40?/m1/s1. The Bertz CT molecular complexity index is 1560. The number of hydrogen-bond donors (Lipinski definition) is 7. The van der Waals surface area contributed by atoms with Crippen LogP contribution in [0.2, 0.25) is 0 Å². The highest BCUT2D eigenvalue weighted by molar-refractivity contribution is 8.44. The van der Waals surface area contributed by atoms with Gasteiger partial charge < -0.3 is 31.5 Å². The van der Waals surface area contributed by atoms with Gasteiger partial charge in [0.05, 0.1) is 24.6 Å². The van der Waals surface area contributed by atoms with Gasteiger partial charge in [0.2, 0.25) is 5.95 Å². The fraction of sp³-hybridized carbons (Fsp3) is 0.667. The van der Waals surface area contributed by atoms with Crippen LogP contribution in [0.25, 0.3) is 11.2 Å². The largest absolute Gasteiger partial charge is 0.395 e. The molecule has 11 atom stereocenters. The van der Waals surface area contributed by atoms with E-state index in [1.54, 1.807) is 0 Å². The van der Waals surface area contributed by atoms with E-state index in [2.05, 4.69) is 52.9 Å². The van der Waals surface area contributed by atoms with Gasteiger partial charge in [-0.2, -0.15) is 10.1 Å². The second-order valence-corrected chi connectivity index (χ2v) is 13.7. The Morgan fingerprint density at radius 1 is 1.31 bits per heavy atom. The van der Waals surface area contributed by atoms with E-state index in [9.17, 15) is 24.7 Å². The molecular formula is C18H24FN12O8PS2. The predicted octanol–water partition coefficient (Wildman–Crippen LogP) is -2.30. The minimum atomic E-state index is -4.37. The lowest BCUT2D eigenvalue weighted by Gasteiger charge is -2.28. The molecule has 3 unspecified atom stereocenters. The zero-order valence-corrected chi connectivity index (χ0v) is 23.6. The van der Waals surface area contributed by atoms with Crippen LogP contribution in [0.1, 0.15) is 5.37 Å². The van der Waals surface area contributed by atoms with Crippen molar-refractivity contribution in [1.29, 1.82) is 0 Å². The summed E-state index contributed by atoms with van der Waals surface area (Å²) >= 11 is 4.97. The molecule has 0 radical (unpaired) electrons. The number of aliphatic hydroxyl groups excluding tert-OH is 3. The Kier molecular flexibility index (Phi) is 7.72. The number of nitrogens with zero attached hydrogens (tertiary/aromatic N) is 9. The lowest BCUT2D eigenvalue weighted by Crippen LogP contribution is -2.49. The van der Waals surface area contributed by atoms with E-state index in [-0.39, 0.29) is 22.9 Å². The van der Waals surface area contributed by atoms with Crippen molar-refractivity contribution >= 4 is 60.1 Å². The number of fused-ring (bicyclic) bond motifs is 2. The molecule has 0 saturated carbocycles. The first kappa shape index (κ1) is 29.3. The number of nitrogen functional groups attached to an aromatic ring is 1. The van der Waals surface area contributed by atoms with E-state index >= 15 is 4.39 Å². The molecule has 2 aromatic heterocycles. The van der Waals surface area contributed by atoms with E-state index in [0.29, 0.717) is 0 Å². The Morgan fingerprint density at radius 2 is 2.10 bits per heavy atom. The fourth-order valence-electron chi connectivity index (χ4n) is 4.79. The topological polar surface area (TPSA) is 287 Å². The molecular weight excluding hydrogens is 626 g/mol. The molecule has 6 heterocycles. The number of aliphatic hydroxyl groups is 3. The second kappa shape index (κ2) is 11.1. The number of anilines is 1. The molecule has 2 aromatic rings. The van der Waals surface area contributed by atoms with Gasteiger partial charge in [-0.1, -0.05) is 22.7 Å². The van der Waals surface area contributed by atoms with Crippen molar-refractivity contribution in [3.8, 4) is 0 Å². The highest BCUT2D eigenvalue weighted by Crippen LogP contribution is 2.58. The second-order valence-electron chi connectivity index (χ2n) is 9.49. The molecule has 0 bridgehead atoms. The van der Waals surface area contributed by atoms with Gasteiger partial charge in [-0.15, -0.1) is 16.9 Å². The van der Waals surface area contributed by atoms with Gasteiger partial charge in [-0.05, 0) is 0 Å². The summed E-state index contributed by atoms with van der Waals surface area (Å²) in [5.74, 6) is -0.0985. The number of rotatable bonds is 8. The summed E-state index contributed by atoms with van der Waals surface area (Å²) in [6.07, 6.45) is -8.93. The van der Waals surface area contributed by atoms with Crippen LogP contribution < -0.4 is 17.0 Å². The Morgan fingerprint density at radius 3 is 2.86 bits per heavy atom. The minimum absolute atomic E-state index is 0.0535. The number of alkyl halides is 1. The summed E-state index contributed by atoms with van der Waals surface area (Å²) < 4.78 is 46.0. The maximum Gasteiger partial charge on any atom is 0.386 e. The van der Waals surface area contributed by atoms with Gasteiger partial charge in [-0.3, -0.25) is 18.8 Å². The molecule has 2 fully saturated rings. The summed E-state index contributed by atoms with van der Waals surface area (Å²) in [6.45, 7) is -5.51. The number of aliphatic imine (C=N–C) groups is 2. The van der Waals surface area contributed by atoms with Crippen LogP contribution in [0.5, 0.6) is 0 Å². The summed E-state index contributed by atoms with van der Waals surface area (Å²) in [5.41, 5.74) is 10.6. The van der Waals surface area contributed by atoms with Crippen LogP contribution in [0.3, 0.4) is 0 Å². The number of aromatic amines is 1. The summed E-state index contributed by atoms with van der Waals surface area (Å²) in [4.78, 5) is 26.4. The highest BCUT2D eigenvalue weighted by atomic mass is 32.7. The number of hydrogen-bond acceptors (Lipinski definition) is 19. The number of amidine groups is 1. The molecule has 2 saturated heterocycles. The number of ether oxygens (including phenoxy) is 1. The number of thioether (sulfide) groups is 1. The molecule has 4 aliphatic heterocycles. The summed E-state index contributed by atoms with van der Waals surface area (Å²) in [6, 6.07) is -0.747. The van der Waals surface area contributed by atoms with Gasteiger partial charge in [0.1, 0.15) is 35.9 Å².